The second-order valence-electron chi connectivity index (χ2n) is 9.08. The number of hydrogen-bond donors (Lipinski definition) is 1. The number of nitrogens with one attached hydrogen (secondary N) is 1. The molecule has 4 aromatic carbocycles. The van der Waals surface area contributed by atoms with Crippen molar-refractivity contribution >= 4 is 34.3 Å². The van der Waals surface area contributed by atoms with Gasteiger partial charge >= 0.3 is 0 Å². The molecule has 1 aliphatic rings. The number of rotatable bonds is 6. The van der Waals surface area contributed by atoms with Crippen LogP contribution in [0.25, 0.3) is 10.8 Å². The summed E-state index contributed by atoms with van der Waals surface area (Å²) in [5, 5.41) is 13.8. The smallest absolute Gasteiger partial charge is 0.267 e. The molecule has 0 saturated heterocycles. The van der Waals surface area contributed by atoms with Gasteiger partial charge in [0.25, 0.3) is 5.91 Å². The Morgan fingerprint density at radius 1 is 0.868 bits per heavy atom. The van der Waals surface area contributed by atoms with Crippen molar-refractivity contribution in [2.45, 2.75) is 12.5 Å². The van der Waals surface area contributed by atoms with Gasteiger partial charge in [0.1, 0.15) is 0 Å². The van der Waals surface area contributed by atoms with Crippen LogP contribution in [0.5, 0.6) is 0 Å². The molecule has 0 bridgehead atoms. The van der Waals surface area contributed by atoms with Crippen LogP contribution >= 0.6 is 0 Å². The number of nitrogens with zero attached hydrogens (tertiary/aromatic N) is 4. The molecule has 6 heteroatoms. The van der Waals surface area contributed by atoms with Gasteiger partial charge in [0.15, 0.2) is 0 Å². The molecule has 38 heavy (non-hydrogen) atoms. The van der Waals surface area contributed by atoms with Crippen LogP contribution in [-0.2, 0) is 0 Å². The van der Waals surface area contributed by atoms with Crippen LogP contribution in [0.2, 0.25) is 0 Å². The monoisotopic (exact) mass is 495 g/mol. The summed E-state index contributed by atoms with van der Waals surface area (Å²) in [5.41, 5.74) is 8.31. The number of amides is 1. The van der Waals surface area contributed by atoms with Gasteiger partial charge in [-0.05, 0) is 51.7 Å². The number of hydrogen-bond acceptors (Lipinski definition) is 5. The molecule has 6 nitrogen and oxygen atoms in total. The maximum absolute atomic E-state index is 12.2. The molecule has 0 radical (unpaired) electrons. The fraction of sp³-hybridized carbons (Fsp3) is 0.0625. The molecule has 1 amide bonds. The van der Waals surface area contributed by atoms with Crippen LogP contribution < -0.4 is 10.4 Å². The van der Waals surface area contributed by atoms with Crippen LogP contribution in [0.15, 0.2) is 132 Å². The highest BCUT2D eigenvalue weighted by molar-refractivity contribution is 6.04. The lowest BCUT2D eigenvalue weighted by atomic mass is 9.94. The largest absolute Gasteiger partial charge is 0.272 e. The number of carbonyl (C=O) groups excluding carboxylic acids is 1. The molecule has 0 saturated carbocycles. The molecule has 1 N–H and O–H groups in total. The SMILES string of the molecule is O=C(NN=Cc1ccc(N2N=C(c3ccccc3)C[C@@H]2c2cccc3ccccc23)cc1)c1cccnc1. The van der Waals surface area contributed by atoms with Gasteiger partial charge in [0, 0.05) is 18.8 Å². The van der Waals surface area contributed by atoms with E-state index in [0.29, 0.717) is 5.56 Å². The van der Waals surface area contributed by atoms with Crippen LogP contribution in [0.1, 0.15) is 39.5 Å². The van der Waals surface area contributed by atoms with Crippen molar-refractivity contribution in [1.82, 2.24) is 10.4 Å². The van der Waals surface area contributed by atoms with Gasteiger partial charge in [-0.3, -0.25) is 14.8 Å². The molecule has 0 spiro atoms. The molecule has 2 heterocycles. The van der Waals surface area contributed by atoms with Crippen LogP contribution in [-0.4, -0.2) is 22.8 Å². The molecular formula is C32H25N5O. The number of pyridine rings is 1. The highest BCUT2D eigenvalue weighted by Gasteiger charge is 2.30. The zero-order chi connectivity index (χ0) is 25.7. The number of aromatic nitrogens is 1. The molecule has 6 rings (SSSR count). The Hall–Kier alpha value is -5.10. The average molecular weight is 496 g/mol. The molecule has 0 fully saturated rings. The molecular weight excluding hydrogens is 470 g/mol. The number of benzene rings is 4. The first kappa shape index (κ1) is 23.3. The van der Waals surface area contributed by atoms with E-state index in [2.05, 4.69) is 87.3 Å². The second kappa shape index (κ2) is 10.5. The molecule has 1 aliphatic heterocycles. The van der Waals surface area contributed by atoms with Crippen molar-refractivity contribution in [3.63, 3.8) is 0 Å². The summed E-state index contributed by atoms with van der Waals surface area (Å²) < 4.78 is 0. The summed E-state index contributed by atoms with van der Waals surface area (Å²) in [5.74, 6) is -0.302. The third-order valence-corrected chi connectivity index (χ3v) is 6.66. The Labute approximate surface area is 221 Å². The van der Waals surface area contributed by atoms with E-state index in [9.17, 15) is 4.79 Å². The predicted octanol–water partition coefficient (Wildman–Crippen LogP) is 6.35. The third-order valence-electron chi connectivity index (χ3n) is 6.66. The van der Waals surface area contributed by atoms with E-state index in [-0.39, 0.29) is 11.9 Å². The second-order valence-corrected chi connectivity index (χ2v) is 9.08. The van der Waals surface area contributed by atoms with E-state index >= 15 is 0 Å². The van der Waals surface area contributed by atoms with Gasteiger partial charge in [-0.25, -0.2) is 5.43 Å². The van der Waals surface area contributed by atoms with Gasteiger partial charge in [0.05, 0.1) is 29.2 Å². The molecule has 184 valence electrons. The van der Waals surface area contributed by atoms with Crippen LogP contribution in [0.4, 0.5) is 5.69 Å². The summed E-state index contributed by atoms with van der Waals surface area (Å²) in [7, 11) is 0. The quantitative estimate of drug-likeness (QED) is 0.220. The van der Waals surface area contributed by atoms with Crippen molar-refractivity contribution < 1.29 is 4.79 Å². The summed E-state index contributed by atoms with van der Waals surface area (Å²) in [4.78, 5) is 16.1. The van der Waals surface area contributed by atoms with E-state index in [4.69, 9.17) is 5.10 Å². The van der Waals surface area contributed by atoms with E-state index in [1.807, 2.05) is 30.3 Å². The Morgan fingerprint density at radius 3 is 2.47 bits per heavy atom. The summed E-state index contributed by atoms with van der Waals surface area (Å²) >= 11 is 0. The first-order chi connectivity index (χ1) is 18.8. The standard InChI is InChI=1S/C32H25N5O/c38-32(26-12-7-19-33-22-26)35-34-21-23-15-17-27(18-16-23)37-31(20-30(36-37)25-9-2-1-3-10-25)29-14-6-11-24-8-4-5-13-28(24)29/h1-19,21-22,31H,20H2,(H,35,38)/t31-/m1/s1. The molecule has 1 atom stereocenters. The van der Waals surface area contributed by atoms with E-state index in [0.717, 1.165) is 28.9 Å². The van der Waals surface area contributed by atoms with E-state index in [1.54, 1.807) is 24.5 Å². The third kappa shape index (κ3) is 4.80. The lowest BCUT2D eigenvalue weighted by molar-refractivity contribution is 0.0955. The van der Waals surface area contributed by atoms with Gasteiger partial charge in [0.2, 0.25) is 0 Å². The summed E-state index contributed by atoms with van der Waals surface area (Å²) in [6.45, 7) is 0. The fourth-order valence-corrected chi connectivity index (χ4v) is 4.78. The maximum Gasteiger partial charge on any atom is 0.272 e. The first-order valence-corrected chi connectivity index (χ1v) is 12.5. The normalized spacial score (nSPS) is 15.1. The van der Waals surface area contributed by atoms with E-state index < -0.39 is 0 Å². The highest BCUT2D eigenvalue weighted by Crippen LogP contribution is 2.39. The van der Waals surface area contributed by atoms with Crippen molar-refractivity contribution in [1.29, 1.82) is 0 Å². The van der Waals surface area contributed by atoms with Crippen molar-refractivity contribution in [2.24, 2.45) is 10.2 Å². The predicted molar refractivity (Wildman–Crippen MR) is 153 cm³/mol. The minimum absolute atomic E-state index is 0.0644. The van der Waals surface area contributed by atoms with Gasteiger partial charge < -0.3 is 0 Å². The lowest BCUT2D eigenvalue weighted by Gasteiger charge is -2.25. The average Bonchev–Trinajstić information content (AvgIpc) is 3.43. The molecule has 0 unspecified atom stereocenters. The Bertz CT molecular complexity index is 1620. The first-order valence-electron chi connectivity index (χ1n) is 12.5. The highest BCUT2D eigenvalue weighted by atomic mass is 16.2. The zero-order valence-corrected chi connectivity index (χ0v) is 20.6. The minimum atomic E-state index is -0.302. The Balaban J connectivity index is 1.28. The Morgan fingerprint density at radius 2 is 1.66 bits per heavy atom. The molecule has 0 aliphatic carbocycles. The van der Waals surface area contributed by atoms with Crippen LogP contribution in [0.3, 0.4) is 0 Å². The zero-order valence-electron chi connectivity index (χ0n) is 20.6. The number of anilines is 1. The minimum Gasteiger partial charge on any atom is -0.267 e. The van der Waals surface area contributed by atoms with Gasteiger partial charge in [-0.2, -0.15) is 10.2 Å². The number of fused-ring (bicyclic) bond motifs is 1. The van der Waals surface area contributed by atoms with Gasteiger partial charge in [-0.1, -0.05) is 84.9 Å². The maximum atomic E-state index is 12.2. The van der Waals surface area contributed by atoms with Crippen molar-refractivity contribution in [3.05, 3.63) is 144 Å². The number of carbonyl (C=O) groups is 1. The number of hydrazone groups is 2. The summed E-state index contributed by atoms with van der Waals surface area (Å²) in [6.07, 6.45) is 5.57. The van der Waals surface area contributed by atoms with E-state index in [1.165, 1.54) is 22.5 Å². The molecule has 1 aromatic heterocycles. The summed E-state index contributed by atoms with van der Waals surface area (Å²) in [6, 6.07) is 36.8. The van der Waals surface area contributed by atoms with Crippen molar-refractivity contribution in [2.75, 3.05) is 5.01 Å². The molecule has 5 aromatic rings. The van der Waals surface area contributed by atoms with Crippen LogP contribution in [0, 0.1) is 0 Å². The van der Waals surface area contributed by atoms with Crippen molar-refractivity contribution in [3.8, 4) is 0 Å². The Kier molecular flexibility index (Phi) is 6.43. The van der Waals surface area contributed by atoms with Gasteiger partial charge in [-0.15, -0.1) is 0 Å². The fourth-order valence-electron chi connectivity index (χ4n) is 4.78. The lowest BCUT2D eigenvalue weighted by Crippen LogP contribution is -2.19. The topological polar surface area (TPSA) is 70.0 Å².